The summed E-state index contributed by atoms with van der Waals surface area (Å²) in [6.45, 7) is 1.34. The standard InChI is InChI=1S/C16H15F2N3O3/c1-8(16(23)24)19-15(22)14-9-4-2-6-11(9)21(20-14)12-7-3-5-10(17)13(12)18/h3,5,7-8H,2,4,6H2,1H3,(H,19,22)(H,23,24). The molecule has 1 heterocycles. The van der Waals surface area contributed by atoms with Gasteiger partial charge in [-0.05, 0) is 38.3 Å². The fourth-order valence-electron chi connectivity index (χ4n) is 2.80. The highest BCUT2D eigenvalue weighted by Crippen LogP contribution is 2.29. The molecule has 8 heteroatoms. The minimum absolute atomic E-state index is 0.0549. The molecule has 1 aromatic heterocycles. The van der Waals surface area contributed by atoms with E-state index in [-0.39, 0.29) is 11.4 Å². The SMILES string of the molecule is CC(NC(=O)c1nn(-c2cccc(F)c2F)c2c1CCC2)C(=O)O. The number of carbonyl (C=O) groups excluding carboxylic acids is 1. The number of fused-ring (bicyclic) bond motifs is 1. The number of benzene rings is 1. The fraction of sp³-hybridized carbons (Fsp3) is 0.312. The average Bonchev–Trinajstić information content (AvgIpc) is 3.12. The number of halogens is 2. The molecule has 2 aromatic rings. The van der Waals surface area contributed by atoms with Gasteiger partial charge in [0, 0.05) is 11.3 Å². The summed E-state index contributed by atoms with van der Waals surface area (Å²) in [5, 5.41) is 15.3. The molecule has 1 aliphatic rings. The van der Waals surface area contributed by atoms with Gasteiger partial charge in [0.05, 0.1) is 0 Å². The van der Waals surface area contributed by atoms with Gasteiger partial charge in [-0.3, -0.25) is 9.59 Å². The molecule has 0 fully saturated rings. The Morgan fingerprint density at radius 1 is 1.33 bits per heavy atom. The molecule has 0 saturated carbocycles. The fourth-order valence-corrected chi connectivity index (χ4v) is 2.80. The normalized spacial score (nSPS) is 14.3. The van der Waals surface area contributed by atoms with Crippen LogP contribution in [0.4, 0.5) is 8.78 Å². The molecule has 0 aliphatic heterocycles. The Bertz CT molecular complexity index is 832. The Hall–Kier alpha value is -2.77. The Morgan fingerprint density at radius 3 is 2.79 bits per heavy atom. The second-order valence-electron chi connectivity index (χ2n) is 5.65. The van der Waals surface area contributed by atoms with Crippen molar-refractivity contribution in [3.05, 3.63) is 46.8 Å². The molecule has 126 valence electrons. The maximum atomic E-state index is 14.1. The molecule has 1 unspecified atom stereocenters. The molecule has 0 radical (unpaired) electrons. The van der Waals surface area contributed by atoms with E-state index in [1.165, 1.54) is 23.7 Å². The van der Waals surface area contributed by atoms with Gasteiger partial charge in [0.2, 0.25) is 0 Å². The van der Waals surface area contributed by atoms with Crippen LogP contribution in [0, 0.1) is 11.6 Å². The number of hydrogen-bond donors (Lipinski definition) is 2. The number of nitrogens with zero attached hydrogens (tertiary/aromatic N) is 2. The summed E-state index contributed by atoms with van der Waals surface area (Å²) in [5.41, 5.74) is 1.28. The summed E-state index contributed by atoms with van der Waals surface area (Å²) in [6.07, 6.45) is 1.93. The third-order valence-corrected chi connectivity index (χ3v) is 4.02. The van der Waals surface area contributed by atoms with Gasteiger partial charge in [-0.1, -0.05) is 6.07 Å². The van der Waals surface area contributed by atoms with Crippen molar-refractivity contribution in [3.63, 3.8) is 0 Å². The summed E-state index contributed by atoms with van der Waals surface area (Å²) in [4.78, 5) is 23.2. The molecule has 1 atom stereocenters. The predicted octanol–water partition coefficient (Wildman–Crippen LogP) is 1.84. The first-order valence-corrected chi connectivity index (χ1v) is 7.49. The lowest BCUT2D eigenvalue weighted by molar-refractivity contribution is -0.138. The zero-order valence-corrected chi connectivity index (χ0v) is 12.8. The molecule has 0 spiro atoms. The lowest BCUT2D eigenvalue weighted by atomic mass is 10.2. The summed E-state index contributed by atoms with van der Waals surface area (Å²) < 4.78 is 28.8. The van der Waals surface area contributed by atoms with Crippen LogP contribution in [0.5, 0.6) is 0 Å². The van der Waals surface area contributed by atoms with E-state index in [1.54, 1.807) is 0 Å². The van der Waals surface area contributed by atoms with E-state index < -0.39 is 29.6 Å². The second kappa shape index (κ2) is 6.03. The number of amides is 1. The molecule has 1 amide bonds. The molecule has 3 rings (SSSR count). The van der Waals surface area contributed by atoms with Crippen LogP contribution in [-0.4, -0.2) is 32.8 Å². The van der Waals surface area contributed by atoms with E-state index >= 15 is 0 Å². The van der Waals surface area contributed by atoms with Gasteiger partial charge in [-0.25, -0.2) is 13.5 Å². The first-order chi connectivity index (χ1) is 11.4. The van der Waals surface area contributed by atoms with E-state index in [0.717, 1.165) is 12.5 Å². The van der Waals surface area contributed by atoms with Crippen molar-refractivity contribution in [1.29, 1.82) is 0 Å². The molecule has 6 nitrogen and oxygen atoms in total. The van der Waals surface area contributed by atoms with Crippen LogP contribution in [0.2, 0.25) is 0 Å². The van der Waals surface area contributed by atoms with E-state index in [2.05, 4.69) is 10.4 Å². The van der Waals surface area contributed by atoms with Gasteiger partial charge in [0.15, 0.2) is 17.3 Å². The minimum atomic E-state index is -1.17. The highest BCUT2D eigenvalue weighted by molar-refractivity contribution is 5.96. The van der Waals surface area contributed by atoms with Crippen LogP contribution >= 0.6 is 0 Å². The molecule has 2 N–H and O–H groups in total. The number of carbonyl (C=O) groups is 2. The Morgan fingerprint density at radius 2 is 2.08 bits per heavy atom. The van der Waals surface area contributed by atoms with Gasteiger partial charge >= 0.3 is 5.97 Å². The topological polar surface area (TPSA) is 84.2 Å². The van der Waals surface area contributed by atoms with Crippen molar-refractivity contribution < 1.29 is 23.5 Å². The number of nitrogens with one attached hydrogen (secondary N) is 1. The molecular weight excluding hydrogens is 320 g/mol. The van der Waals surface area contributed by atoms with Crippen LogP contribution in [0.15, 0.2) is 18.2 Å². The predicted molar refractivity (Wildman–Crippen MR) is 80.1 cm³/mol. The number of aromatic nitrogens is 2. The van der Waals surface area contributed by atoms with Crippen LogP contribution < -0.4 is 5.32 Å². The second-order valence-corrected chi connectivity index (χ2v) is 5.65. The van der Waals surface area contributed by atoms with Crippen molar-refractivity contribution in [1.82, 2.24) is 15.1 Å². The molecular formula is C16H15F2N3O3. The Balaban J connectivity index is 2.04. The van der Waals surface area contributed by atoms with E-state index in [1.807, 2.05) is 0 Å². The monoisotopic (exact) mass is 335 g/mol. The van der Waals surface area contributed by atoms with Gasteiger partial charge in [0.1, 0.15) is 11.7 Å². The highest BCUT2D eigenvalue weighted by atomic mass is 19.2. The first-order valence-electron chi connectivity index (χ1n) is 7.49. The zero-order valence-electron chi connectivity index (χ0n) is 12.8. The Labute approximate surface area is 136 Å². The summed E-state index contributed by atoms with van der Waals surface area (Å²) >= 11 is 0. The van der Waals surface area contributed by atoms with Gasteiger partial charge in [-0.15, -0.1) is 0 Å². The van der Waals surface area contributed by atoms with Gasteiger partial charge in [0.25, 0.3) is 5.91 Å². The minimum Gasteiger partial charge on any atom is -0.480 e. The average molecular weight is 335 g/mol. The molecule has 24 heavy (non-hydrogen) atoms. The van der Waals surface area contributed by atoms with Crippen LogP contribution in [-0.2, 0) is 17.6 Å². The lowest BCUT2D eigenvalue weighted by Crippen LogP contribution is -2.38. The smallest absolute Gasteiger partial charge is 0.325 e. The van der Waals surface area contributed by atoms with Crippen molar-refractivity contribution in [2.24, 2.45) is 0 Å². The van der Waals surface area contributed by atoms with Crippen molar-refractivity contribution >= 4 is 11.9 Å². The van der Waals surface area contributed by atoms with E-state index in [0.29, 0.717) is 24.1 Å². The number of hydrogen-bond acceptors (Lipinski definition) is 3. The summed E-state index contributed by atoms with van der Waals surface area (Å²) in [5.74, 6) is -3.85. The van der Waals surface area contributed by atoms with Gasteiger partial charge in [-0.2, -0.15) is 5.10 Å². The maximum absolute atomic E-state index is 14.1. The third kappa shape index (κ3) is 2.64. The Kier molecular flexibility index (Phi) is 4.04. The third-order valence-electron chi connectivity index (χ3n) is 4.02. The largest absolute Gasteiger partial charge is 0.480 e. The molecule has 1 aliphatic carbocycles. The highest BCUT2D eigenvalue weighted by Gasteiger charge is 2.29. The quantitative estimate of drug-likeness (QED) is 0.893. The van der Waals surface area contributed by atoms with Crippen LogP contribution in [0.3, 0.4) is 0 Å². The van der Waals surface area contributed by atoms with Crippen LogP contribution in [0.25, 0.3) is 5.69 Å². The number of rotatable bonds is 4. The summed E-state index contributed by atoms with van der Waals surface area (Å²) in [7, 11) is 0. The van der Waals surface area contributed by atoms with Crippen molar-refractivity contribution in [2.75, 3.05) is 0 Å². The van der Waals surface area contributed by atoms with E-state index in [9.17, 15) is 18.4 Å². The maximum Gasteiger partial charge on any atom is 0.325 e. The molecule has 0 saturated heterocycles. The number of carboxylic acid groups (broad SMARTS) is 1. The van der Waals surface area contributed by atoms with Crippen LogP contribution in [0.1, 0.15) is 35.1 Å². The zero-order chi connectivity index (χ0) is 17.4. The number of aliphatic carboxylic acids is 1. The van der Waals surface area contributed by atoms with Crippen molar-refractivity contribution in [2.45, 2.75) is 32.2 Å². The van der Waals surface area contributed by atoms with Crippen molar-refractivity contribution in [3.8, 4) is 5.69 Å². The first kappa shape index (κ1) is 16.1. The van der Waals surface area contributed by atoms with E-state index in [4.69, 9.17) is 5.11 Å². The summed E-state index contributed by atoms with van der Waals surface area (Å²) in [6, 6.07) is 2.67. The molecule has 0 bridgehead atoms. The molecule has 1 aromatic carbocycles. The lowest BCUT2D eigenvalue weighted by Gasteiger charge is -2.08. The van der Waals surface area contributed by atoms with Gasteiger partial charge < -0.3 is 10.4 Å². The number of carboxylic acids is 1.